The number of furan rings is 1. The Hall–Kier alpha value is -3.97. The first-order valence-electron chi connectivity index (χ1n) is 13.8. The van der Waals surface area contributed by atoms with Crippen molar-refractivity contribution in [2.75, 3.05) is 40.5 Å². The maximum absolute atomic E-state index is 13.9. The van der Waals surface area contributed by atoms with Gasteiger partial charge >= 0.3 is 0 Å². The number of amides is 2. The molecular weight excluding hydrogens is 532 g/mol. The average Bonchev–Trinajstić information content (AvgIpc) is 3.80. The SMILES string of the molecule is COc1ccc(-c2nnn(CC(=O)N(C[C@@H]3CCCO3)[C@H](C(=O)NC[C@H]3CCCO3)c3ccc(C)o3)n2)cc1OC. The van der Waals surface area contributed by atoms with Crippen LogP contribution in [0.25, 0.3) is 11.4 Å². The van der Waals surface area contributed by atoms with Gasteiger partial charge in [0.05, 0.1) is 26.4 Å². The van der Waals surface area contributed by atoms with Crippen LogP contribution < -0.4 is 14.8 Å². The zero-order valence-electron chi connectivity index (χ0n) is 23.6. The van der Waals surface area contributed by atoms with Gasteiger partial charge in [0.15, 0.2) is 17.5 Å². The molecule has 1 N–H and O–H groups in total. The number of methoxy groups -OCH3 is 2. The molecule has 0 unspecified atom stereocenters. The molecule has 2 aliphatic rings. The van der Waals surface area contributed by atoms with Gasteiger partial charge in [-0.2, -0.15) is 4.80 Å². The van der Waals surface area contributed by atoms with E-state index in [1.54, 1.807) is 51.5 Å². The van der Waals surface area contributed by atoms with Crippen LogP contribution in [0.1, 0.15) is 43.2 Å². The molecule has 0 saturated carbocycles. The molecule has 2 aromatic heterocycles. The zero-order chi connectivity index (χ0) is 28.8. The maximum Gasteiger partial charge on any atom is 0.250 e. The normalized spacial score (nSPS) is 19.2. The van der Waals surface area contributed by atoms with Gasteiger partial charge in [-0.3, -0.25) is 9.59 Å². The molecule has 0 aliphatic carbocycles. The monoisotopic (exact) mass is 568 g/mol. The third-order valence-electron chi connectivity index (χ3n) is 7.23. The van der Waals surface area contributed by atoms with Crippen molar-refractivity contribution in [2.45, 2.75) is 57.4 Å². The number of carbonyl (C=O) groups is 2. The van der Waals surface area contributed by atoms with Crippen LogP contribution in [0.4, 0.5) is 0 Å². The van der Waals surface area contributed by atoms with Gasteiger partial charge in [-0.25, -0.2) is 0 Å². The Balaban J connectivity index is 1.38. The fourth-order valence-corrected chi connectivity index (χ4v) is 5.11. The lowest BCUT2D eigenvalue weighted by Gasteiger charge is -2.31. The molecule has 13 heteroatoms. The Kier molecular flexibility index (Phi) is 9.14. The van der Waals surface area contributed by atoms with Gasteiger partial charge in [0, 0.05) is 31.9 Å². The molecule has 1 aromatic carbocycles. The van der Waals surface area contributed by atoms with Gasteiger partial charge in [0.2, 0.25) is 11.7 Å². The second-order valence-electron chi connectivity index (χ2n) is 10.1. The summed E-state index contributed by atoms with van der Waals surface area (Å²) in [5.41, 5.74) is 0.648. The summed E-state index contributed by atoms with van der Waals surface area (Å²) in [5, 5.41) is 15.6. The smallest absolute Gasteiger partial charge is 0.250 e. The van der Waals surface area contributed by atoms with Gasteiger partial charge in [-0.15, -0.1) is 10.2 Å². The maximum atomic E-state index is 13.9. The molecule has 2 saturated heterocycles. The van der Waals surface area contributed by atoms with Crippen molar-refractivity contribution < 1.29 is 33.0 Å². The molecule has 3 atom stereocenters. The molecule has 13 nitrogen and oxygen atoms in total. The number of benzene rings is 1. The average molecular weight is 569 g/mol. The summed E-state index contributed by atoms with van der Waals surface area (Å²) in [4.78, 5) is 30.2. The fourth-order valence-electron chi connectivity index (χ4n) is 5.11. The summed E-state index contributed by atoms with van der Waals surface area (Å²) >= 11 is 0. The van der Waals surface area contributed by atoms with E-state index in [0.717, 1.165) is 25.7 Å². The Labute approximate surface area is 238 Å². The van der Waals surface area contributed by atoms with Gasteiger partial charge in [0.1, 0.15) is 18.1 Å². The molecule has 5 rings (SSSR count). The van der Waals surface area contributed by atoms with E-state index in [9.17, 15) is 9.59 Å². The summed E-state index contributed by atoms with van der Waals surface area (Å²) in [6, 6.07) is 7.76. The van der Waals surface area contributed by atoms with Crippen molar-refractivity contribution >= 4 is 11.8 Å². The second kappa shape index (κ2) is 13.1. The minimum absolute atomic E-state index is 0.0467. The quantitative estimate of drug-likeness (QED) is 0.346. The van der Waals surface area contributed by atoms with E-state index in [4.69, 9.17) is 23.4 Å². The van der Waals surface area contributed by atoms with Crippen LogP contribution in [-0.2, 0) is 25.6 Å². The predicted molar refractivity (Wildman–Crippen MR) is 145 cm³/mol. The Morgan fingerprint density at radius 2 is 1.83 bits per heavy atom. The number of rotatable bonds is 12. The van der Waals surface area contributed by atoms with E-state index >= 15 is 0 Å². The molecule has 41 heavy (non-hydrogen) atoms. The number of ether oxygens (including phenoxy) is 4. The third kappa shape index (κ3) is 6.85. The van der Waals surface area contributed by atoms with E-state index in [1.807, 2.05) is 0 Å². The third-order valence-corrected chi connectivity index (χ3v) is 7.23. The number of hydrogen-bond acceptors (Lipinski definition) is 10. The summed E-state index contributed by atoms with van der Waals surface area (Å²) < 4.78 is 28.1. The highest BCUT2D eigenvalue weighted by molar-refractivity contribution is 5.88. The van der Waals surface area contributed by atoms with E-state index in [1.165, 1.54) is 9.70 Å². The zero-order valence-corrected chi connectivity index (χ0v) is 23.6. The van der Waals surface area contributed by atoms with E-state index < -0.39 is 6.04 Å². The van der Waals surface area contributed by atoms with Crippen molar-refractivity contribution in [1.82, 2.24) is 30.4 Å². The highest BCUT2D eigenvalue weighted by atomic mass is 16.5. The Bertz CT molecular complexity index is 1330. The molecule has 0 bridgehead atoms. The number of hydrogen-bond donors (Lipinski definition) is 1. The molecule has 0 radical (unpaired) electrons. The summed E-state index contributed by atoms with van der Waals surface area (Å²) in [7, 11) is 3.10. The van der Waals surface area contributed by atoms with E-state index in [0.29, 0.717) is 54.2 Å². The highest BCUT2D eigenvalue weighted by Gasteiger charge is 2.37. The van der Waals surface area contributed by atoms with Crippen LogP contribution in [-0.4, -0.2) is 89.7 Å². The molecular formula is C28H36N6O7. The standard InChI is InChI=1S/C28H36N6O7/c1-18-8-10-23(41-18)26(28(36)29-15-20-6-4-12-39-20)33(16-21-7-5-13-40-21)25(35)17-34-31-27(30-32-34)19-9-11-22(37-2)24(14-19)38-3/h8-11,14,20-21,26H,4-7,12-13,15-17H2,1-3H3,(H,29,36)/t20-,21+,26+/m1/s1. The van der Waals surface area contributed by atoms with Gasteiger partial charge in [0.25, 0.3) is 5.91 Å². The van der Waals surface area contributed by atoms with Crippen molar-refractivity contribution in [2.24, 2.45) is 0 Å². The summed E-state index contributed by atoms with van der Waals surface area (Å²) in [6.07, 6.45) is 3.27. The predicted octanol–water partition coefficient (Wildman–Crippen LogP) is 2.30. The number of aromatic nitrogens is 4. The molecule has 2 amide bonds. The highest BCUT2D eigenvalue weighted by Crippen LogP contribution is 2.31. The van der Waals surface area contributed by atoms with E-state index in [2.05, 4.69) is 20.7 Å². The lowest BCUT2D eigenvalue weighted by atomic mass is 10.1. The van der Waals surface area contributed by atoms with Crippen LogP contribution in [0.5, 0.6) is 11.5 Å². The minimum Gasteiger partial charge on any atom is -0.493 e. The van der Waals surface area contributed by atoms with Crippen molar-refractivity contribution in [3.8, 4) is 22.9 Å². The Morgan fingerprint density at radius 1 is 1.07 bits per heavy atom. The van der Waals surface area contributed by atoms with E-state index in [-0.39, 0.29) is 37.1 Å². The second-order valence-corrected chi connectivity index (χ2v) is 10.1. The van der Waals surface area contributed by atoms with Crippen LogP contribution in [0.15, 0.2) is 34.7 Å². The molecule has 3 aromatic rings. The first-order valence-corrected chi connectivity index (χ1v) is 13.8. The number of aryl methyl sites for hydroxylation is 1. The minimum atomic E-state index is -1.00. The number of nitrogens with zero attached hydrogens (tertiary/aromatic N) is 5. The lowest BCUT2D eigenvalue weighted by Crippen LogP contribution is -2.48. The van der Waals surface area contributed by atoms with Crippen LogP contribution >= 0.6 is 0 Å². The van der Waals surface area contributed by atoms with Crippen LogP contribution in [0.2, 0.25) is 0 Å². The topological polar surface area (TPSA) is 143 Å². The van der Waals surface area contributed by atoms with Crippen LogP contribution in [0.3, 0.4) is 0 Å². The molecule has 2 fully saturated rings. The lowest BCUT2D eigenvalue weighted by molar-refractivity contribution is -0.144. The van der Waals surface area contributed by atoms with Crippen molar-refractivity contribution in [3.63, 3.8) is 0 Å². The first kappa shape index (κ1) is 28.6. The van der Waals surface area contributed by atoms with Gasteiger partial charge < -0.3 is 33.6 Å². The summed E-state index contributed by atoms with van der Waals surface area (Å²) in [6.45, 7) is 3.43. The van der Waals surface area contributed by atoms with Crippen LogP contribution in [0, 0.1) is 6.92 Å². The largest absolute Gasteiger partial charge is 0.493 e. The Morgan fingerprint density at radius 3 is 2.49 bits per heavy atom. The van der Waals surface area contributed by atoms with Gasteiger partial charge in [-0.1, -0.05) is 0 Å². The van der Waals surface area contributed by atoms with Gasteiger partial charge in [-0.05, 0) is 68.2 Å². The first-order chi connectivity index (χ1) is 19.9. The number of tetrazole rings is 1. The van der Waals surface area contributed by atoms with Crippen molar-refractivity contribution in [1.29, 1.82) is 0 Å². The fraction of sp³-hybridized carbons (Fsp3) is 0.536. The van der Waals surface area contributed by atoms with Crippen molar-refractivity contribution in [3.05, 3.63) is 41.9 Å². The molecule has 220 valence electrons. The number of carbonyl (C=O) groups excluding carboxylic acids is 2. The number of nitrogens with one attached hydrogen (secondary N) is 1. The summed E-state index contributed by atoms with van der Waals surface area (Å²) in [5.74, 6) is 1.69. The molecule has 0 spiro atoms. The molecule has 4 heterocycles. The molecule has 2 aliphatic heterocycles.